The zero-order chi connectivity index (χ0) is 38.4. The second kappa shape index (κ2) is 15.4. The van der Waals surface area contributed by atoms with E-state index in [9.17, 15) is 19.5 Å². The number of hydrogen-bond acceptors (Lipinski definition) is 8. The Hall–Kier alpha value is -4.51. The van der Waals surface area contributed by atoms with E-state index in [0.29, 0.717) is 30.8 Å². The molecule has 3 aromatic rings. The van der Waals surface area contributed by atoms with Crippen molar-refractivity contribution < 1.29 is 19.5 Å². The van der Waals surface area contributed by atoms with Crippen LogP contribution in [-0.2, 0) is 14.4 Å². The maximum Gasteiger partial charge on any atom is 0.249 e. The van der Waals surface area contributed by atoms with Gasteiger partial charge in [-0.05, 0) is 109 Å². The van der Waals surface area contributed by atoms with Gasteiger partial charge in [0, 0.05) is 70.0 Å². The van der Waals surface area contributed by atoms with E-state index in [-0.39, 0.29) is 41.6 Å². The van der Waals surface area contributed by atoms with Crippen LogP contribution in [0.2, 0.25) is 0 Å². The Bertz CT molecular complexity index is 1940. The molecule has 3 N–H and O–H groups in total. The zero-order valence-electron chi connectivity index (χ0n) is 32.7. The van der Waals surface area contributed by atoms with Crippen molar-refractivity contribution in [1.29, 1.82) is 0 Å². The van der Waals surface area contributed by atoms with E-state index < -0.39 is 6.04 Å². The number of phenols is 1. The molecule has 10 nitrogen and oxygen atoms in total. The summed E-state index contributed by atoms with van der Waals surface area (Å²) in [6.45, 7) is 9.25. The number of likely N-dealkylation sites (tertiary alicyclic amines) is 1. The van der Waals surface area contributed by atoms with Crippen LogP contribution >= 0.6 is 0 Å². The first-order chi connectivity index (χ1) is 27.3. The van der Waals surface area contributed by atoms with Crippen LogP contribution in [0.25, 0.3) is 11.1 Å². The lowest BCUT2D eigenvalue weighted by Gasteiger charge is -2.57. The fourth-order valence-corrected chi connectivity index (χ4v) is 10.9. The lowest BCUT2D eigenvalue weighted by molar-refractivity contribution is -0.144. The molecular formula is C46H56N6O4. The Morgan fingerprint density at radius 3 is 2.09 bits per heavy atom. The van der Waals surface area contributed by atoms with Gasteiger partial charge in [-0.2, -0.15) is 0 Å². The van der Waals surface area contributed by atoms with Crippen LogP contribution in [0.3, 0.4) is 0 Å². The van der Waals surface area contributed by atoms with Crippen LogP contribution in [0.15, 0.2) is 78.9 Å². The summed E-state index contributed by atoms with van der Waals surface area (Å²) in [5, 5.41) is 16.3. The number of carbonyl (C=O) groups excluding carboxylic acids is 3. The molecule has 5 aliphatic heterocycles. The van der Waals surface area contributed by atoms with Crippen LogP contribution < -0.4 is 15.5 Å². The molecule has 4 unspecified atom stereocenters. The number of imide groups is 1. The lowest BCUT2D eigenvalue weighted by atomic mass is 9.60. The summed E-state index contributed by atoms with van der Waals surface area (Å²) < 4.78 is 0. The fourth-order valence-electron chi connectivity index (χ4n) is 10.9. The van der Waals surface area contributed by atoms with Gasteiger partial charge in [-0.25, -0.2) is 0 Å². The van der Waals surface area contributed by atoms with Crippen LogP contribution in [-0.4, -0.2) is 108 Å². The Kier molecular flexibility index (Phi) is 10.2. The molecule has 3 aromatic carbocycles. The Labute approximate surface area is 330 Å². The minimum atomic E-state index is -0.520. The average molecular weight is 757 g/mol. The average Bonchev–Trinajstić information content (AvgIpc) is 3.54. The highest BCUT2D eigenvalue weighted by atomic mass is 16.3. The highest BCUT2D eigenvalue weighted by molar-refractivity contribution is 6.02. The Balaban J connectivity index is 0.763. The number of phenolic OH excluding ortho intramolecular Hbond substituents is 1. The molecule has 56 heavy (non-hydrogen) atoms. The number of rotatable bonds is 8. The van der Waals surface area contributed by atoms with E-state index in [1.54, 1.807) is 17.0 Å². The smallest absolute Gasteiger partial charge is 0.249 e. The first-order valence-electron chi connectivity index (χ1n) is 21.1. The molecule has 3 amide bonds. The number of piperazine rings is 1. The number of nitrogens with one attached hydrogen (secondary N) is 2. The van der Waals surface area contributed by atoms with Gasteiger partial charge in [-0.1, -0.05) is 61.5 Å². The normalized spacial score (nSPS) is 27.8. The highest BCUT2D eigenvalue weighted by Gasteiger charge is 2.50. The molecule has 10 heteroatoms. The van der Waals surface area contributed by atoms with Crippen LogP contribution in [0.1, 0.15) is 81.4 Å². The topological polar surface area (TPSA) is 108 Å². The number of amides is 3. The van der Waals surface area contributed by atoms with Gasteiger partial charge in [-0.15, -0.1) is 0 Å². The Morgan fingerprint density at radius 2 is 1.43 bits per heavy atom. The fraction of sp³-hybridized carbons (Fsp3) is 0.500. The van der Waals surface area contributed by atoms with Gasteiger partial charge in [0.1, 0.15) is 11.8 Å². The number of aromatic hydroxyl groups is 1. The third kappa shape index (κ3) is 7.16. The highest BCUT2D eigenvalue weighted by Crippen LogP contribution is 2.51. The van der Waals surface area contributed by atoms with E-state index >= 15 is 0 Å². The molecule has 6 aliphatic rings. The van der Waals surface area contributed by atoms with Crippen molar-refractivity contribution in [3.63, 3.8) is 0 Å². The maximum absolute atomic E-state index is 13.3. The Morgan fingerprint density at radius 1 is 0.768 bits per heavy atom. The summed E-state index contributed by atoms with van der Waals surface area (Å²) in [5.74, 6) is -0.289. The monoisotopic (exact) mass is 756 g/mol. The van der Waals surface area contributed by atoms with Gasteiger partial charge in [0.25, 0.3) is 0 Å². The summed E-state index contributed by atoms with van der Waals surface area (Å²) in [4.78, 5) is 47.1. The number of hydrogen-bond donors (Lipinski definition) is 3. The number of allylic oxidation sites excluding steroid dienone is 1. The molecular weight excluding hydrogens is 701 g/mol. The van der Waals surface area contributed by atoms with Crippen LogP contribution in [0, 0.1) is 11.3 Å². The lowest BCUT2D eigenvalue weighted by Crippen LogP contribution is -2.63. The number of fused-ring (bicyclic) bond motifs is 1. The number of nitrogens with zero attached hydrogens (tertiary/aromatic N) is 4. The van der Waals surface area contributed by atoms with Crippen molar-refractivity contribution in [2.45, 2.75) is 89.0 Å². The van der Waals surface area contributed by atoms with Crippen molar-refractivity contribution in [2.24, 2.45) is 11.3 Å². The predicted octanol–water partition coefficient (Wildman–Crippen LogP) is 5.47. The predicted molar refractivity (Wildman–Crippen MR) is 219 cm³/mol. The van der Waals surface area contributed by atoms with Crippen LogP contribution in [0.5, 0.6) is 5.75 Å². The third-order valence-electron chi connectivity index (χ3n) is 14.1. The molecule has 0 bridgehead atoms. The summed E-state index contributed by atoms with van der Waals surface area (Å²) in [5.41, 5.74) is 7.83. The van der Waals surface area contributed by atoms with E-state index in [4.69, 9.17) is 0 Å². The van der Waals surface area contributed by atoms with Crippen molar-refractivity contribution in [2.75, 3.05) is 50.7 Å². The van der Waals surface area contributed by atoms with Gasteiger partial charge in [-0.3, -0.25) is 34.8 Å². The number of anilines is 1. The van der Waals surface area contributed by atoms with Gasteiger partial charge in [0.2, 0.25) is 17.7 Å². The number of piperidine rings is 3. The summed E-state index contributed by atoms with van der Waals surface area (Å²) >= 11 is 0. The maximum atomic E-state index is 13.3. The molecule has 1 aliphatic carbocycles. The molecule has 6 fully saturated rings. The van der Waals surface area contributed by atoms with E-state index in [1.165, 1.54) is 53.6 Å². The molecule has 294 valence electrons. The van der Waals surface area contributed by atoms with Crippen molar-refractivity contribution >= 4 is 34.6 Å². The van der Waals surface area contributed by atoms with Gasteiger partial charge in [0.05, 0.1) is 12.1 Å². The number of carbonyl (C=O) groups is 3. The van der Waals surface area contributed by atoms with Crippen LogP contribution in [0.4, 0.5) is 5.69 Å². The van der Waals surface area contributed by atoms with Gasteiger partial charge >= 0.3 is 0 Å². The molecule has 1 saturated carbocycles. The molecule has 4 atom stereocenters. The van der Waals surface area contributed by atoms with Gasteiger partial charge in [0.15, 0.2) is 0 Å². The second-order valence-corrected chi connectivity index (χ2v) is 17.2. The second-order valence-electron chi connectivity index (χ2n) is 17.2. The number of benzene rings is 3. The molecule has 1 spiro atoms. The zero-order valence-corrected chi connectivity index (χ0v) is 32.7. The first kappa shape index (κ1) is 37.1. The minimum Gasteiger partial charge on any atom is -0.508 e. The quantitative estimate of drug-likeness (QED) is 0.205. The molecule has 9 rings (SSSR count). The molecule has 0 radical (unpaired) electrons. The summed E-state index contributed by atoms with van der Waals surface area (Å²) in [7, 11) is 0. The van der Waals surface area contributed by atoms with E-state index in [2.05, 4.69) is 86.9 Å². The molecule has 5 saturated heterocycles. The van der Waals surface area contributed by atoms with E-state index in [0.717, 1.165) is 64.1 Å². The third-order valence-corrected chi connectivity index (χ3v) is 14.1. The van der Waals surface area contributed by atoms with Crippen molar-refractivity contribution in [3.05, 3.63) is 95.6 Å². The first-order valence-corrected chi connectivity index (χ1v) is 21.1. The molecule has 0 aromatic heterocycles. The largest absolute Gasteiger partial charge is 0.508 e. The van der Waals surface area contributed by atoms with Crippen molar-refractivity contribution in [3.8, 4) is 5.75 Å². The summed E-state index contributed by atoms with van der Waals surface area (Å²) in [6, 6.07) is 27.6. The van der Waals surface area contributed by atoms with Crippen molar-refractivity contribution in [1.82, 2.24) is 25.3 Å². The standard InChI is InChI=1S/C46H56N6O4/c1-2-37(31-6-4-3-5-7-31)43(33-10-14-36(53)15-11-33)32-8-12-34(13-9-32)49-22-20-46(21-23-49)28-35(29-46)50-24-26-51(27-25-50)41-18-16-38-39(47-41)30-52(45(38)56)40-17-19-42(54)48-44(40)55/h3-15,35,38-41,47,53H,2,16-30H2,1H3,(H,48,54,55)/b43-37+. The molecule has 5 heterocycles. The van der Waals surface area contributed by atoms with E-state index in [1.807, 2.05) is 12.1 Å². The minimum absolute atomic E-state index is 0.0633. The SMILES string of the molecule is CC/C(=C(\c1ccc(O)cc1)c1ccc(N2CCC3(CC2)CC(N2CCN(C4CCC5C(=O)N(C6CCC(=O)NC6=O)CC5N4)CC2)C3)cc1)c1ccccc1. The van der Waals surface area contributed by atoms with Gasteiger partial charge < -0.3 is 14.9 Å². The summed E-state index contributed by atoms with van der Waals surface area (Å²) in [6.07, 6.45) is 8.82.